The lowest BCUT2D eigenvalue weighted by atomic mass is 9.98. The molecule has 0 aliphatic rings. The van der Waals surface area contributed by atoms with E-state index in [0.717, 1.165) is 57.3 Å². The van der Waals surface area contributed by atoms with Crippen LogP contribution in [0.25, 0.3) is 67.2 Å². The highest BCUT2D eigenvalue weighted by Gasteiger charge is 2.16. The zero-order chi connectivity index (χ0) is 59.5. The molecule has 9 rings (SSSR count). The third kappa shape index (κ3) is 12.7. The standard InChI is InChI=1S/C23H26N.C22H24N.C21H22N/c1-17(2)15-19-9-11-20(12-10-19)21-13-14-23(24(4)16-21)22-8-6-5-7-18(22)3;1-16(2)18-9-11-19(12-10-18)20-13-14-22(23(4)15-20)21-8-6-5-7-17(21)3;1-4-17-9-11-18(12-10-17)19-13-14-21(22(3)15-19)20-8-6-5-7-16(20)2/h5-14,16-17H,15H2,1-4H3;5-16H,1-4H3;5-15H,4H2,1-3H3/q3*+1/i1D3,15D2,17D;1D3,16D;4D2. The van der Waals surface area contributed by atoms with Crippen molar-refractivity contribution in [3.05, 3.63) is 234 Å². The predicted molar refractivity (Wildman–Crippen MR) is 292 cm³/mol. The largest absolute Gasteiger partial charge is 0.212 e. The highest BCUT2D eigenvalue weighted by atomic mass is 14.9. The Morgan fingerprint density at radius 3 is 1.07 bits per heavy atom. The summed E-state index contributed by atoms with van der Waals surface area (Å²) in [6.07, 6.45) is 2.58. The van der Waals surface area contributed by atoms with E-state index < -0.39 is 38.2 Å². The Labute approximate surface area is 431 Å². The molecule has 0 amide bonds. The van der Waals surface area contributed by atoms with Gasteiger partial charge in [-0.15, -0.1) is 0 Å². The summed E-state index contributed by atoms with van der Waals surface area (Å²) in [5, 5.41) is 0. The maximum atomic E-state index is 8.29. The molecule has 0 N–H and O–H groups in total. The molecule has 3 aromatic heterocycles. The lowest BCUT2D eigenvalue weighted by Gasteiger charge is -2.08. The number of nitrogens with zero attached hydrogens (tertiary/aromatic N) is 3. The molecule has 0 spiro atoms. The third-order valence-corrected chi connectivity index (χ3v) is 12.4. The Kier molecular flexibility index (Phi) is 12.0. The molecule has 9 aromatic rings. The molecule has 2 atom stereocenters. The first-order valence-electron chi connectivity index (χ1n) is 29.3. The van der Waals surface area contributed by atoms with Gasteiger partial charge in [0.2, 0.25) is 17.1 Å². The van der Waals surface area contributed by atoms with Crippen molar-refractivity contribution >= 4 is 0 Å². The van der Waals surface area contributed by atoms with E-state index in [4.69, 9.17) is 16.4 Å². The molecule has 0 aliphatic heterocycles. The summed E-state index contributed by atoms with van der Waals surface area (Å²) in [5.74, 6) is -3.88. The minimum absolute atomic E-state index is 0.181. The molecular formula is C66H72N3+3. The van der Waals surface area contributed by atoms with Gasteiger partial charge in [-0.25, -0.2) is 13.7 Å². The van der Waals surface area contributed by atoms with Gasteiger partial charge in [0, 0.05) is 68.0 Å². The van der Waals surface area contributed by atoms with Crippen molar-refractivity contribution in [2.75, 3.05) is 0 Å². The number of rotatable bonds is 10. The molecule has 3 heterocycles. The second-order valence-corrected chi connectivity index (χ2v) is 17.5. The number of aryl methyl sites for hydroxylation is 7. The van der Waals surface area contributed by atoms with E-state index in [1.807, 2.05) is 87.0 Å². The Hall–Kier alpha value is -7.23. The molecule has 0 aliphatic carbocycles. The van der Waals surface area contributed by atoms with Crippen LogP contribution >= 0.6 is 0 Å². The maximum Gasteiger partial charge on any atom is 0.212 e. The second-order valence-electron chi connectivity index (χ2n) is 17.5. The highest BCUT2D eigenvalue weighted by Crippen LogP contribution is 2.28. The summed E-state index contributed by atoms with van der Waals surface area (Å²) >= 11 is 0. The normalized spacial score (nSPS) is 16.0. The molecule has 0 bridgehead atoms. The summed E-state index contributed by atoms with van der Waals surface area (Å²) in [4.78, 5) is 0. The smallest absolute Gasteiger partial charge is 0.200 e. The van der Waals surface area contributed by atoms with Gasteiger partial charge in [-0.3, -0.25) is 0 Å². The van der Waals surface area contributed by atoms with Crippen LogP contribution < -0.4 is 13.7 Å². The molecule has 3 heteroatoms. The monoisotopic (exact) mass is 919 g/mol. The third-order valence-electron chi connectivity index (χ3n) is 12.4. The lowest BCUT2D eigenvalue weighted by Crippen LogP contribution is -2.30. The molecule has 0 radical (unpaired) electrons. The number of hydrogen-bond donors (Lipinski definition) is 0. The number of aromatic nitrogens is 3. The van der Waals surface area contributed by atoms with Crippen LogP contribution in [0.1, 0.15) is 90.2 Å². The van der Waals surface area contributed by atoms with E-state index in [-0.39, 0.29) is 5.56 Å². The van der Waals surface area contributed by atoms with E-state index in [1.54, 1.807) is 43.3 Å². The molecular weight excluding hydrogens is 835 g/mol. The Morgan fingerprint density at radius 2 is 0.754 bits per heavy atom. The second kappa shape index (κ2) is 23.2. The first-order valence-corrected chi connectivity index (χ1v) is 23.3. The van der Waals surface area contributed by atoms with E-state index in [2.05, 4.69) is 133 Å². The molecule has 0 saturated heterocycles. The maximum absolute atomic E-state index is 8.29. The fourth-order valence-electron chi connectivity index (χ4n) is 8.46. The van der Waals surface area contributed by atoms with Gasteiger partial charge in [0.05, 0.1) is 0 Å². The molecule has 6 aromatic carbocycles. The minimum Gasteiger partial charge on any atom is -0.200 e. The van der Waals surface area contributed by atoms with Crippen LogP contribution in [0.5, 0.6) is 0 Å². The van der Waals surface area contributed by atoms with Gasteiger partial charge in [0.1, 0.15) is 21.1 Å². The number of pyridine rings is 3. The number of hydrogen-bond acceptors (Lipinski definition) is 0. The first-order chi connectivity index (χ1) is 37.8. The quantitative estimate of drug-likeness (QED) is 0.121. The zero-order valence-electron chi connectivity index (χ0n) is 53.4. The fourth-order valence-corrected chi connectivity index (χ4v) is 8.46. The van der Waals surface area contributed by atoms with Crippen LogP contribution in [0.2, 0.25) is 0 Å². The van der Waals surface area contributed by atoms with Gasteiger partial charge in [0.25, 0.3) is 0 Å². The summed E-state index contributed by atoms with van der Waals surface area (Å²) in [7, 11) is 6.07. The van der Waals surface area contributed by atoms with Crippen LogP contribution in [0.4, 0.5) is 0 Å². The van der Waals surface area contributed by atoms with E-state index in [1.165, 1.54) is 40.4 Å². The topological polar surface area (TPSA) is 11.6 Å². The molecule has 3 nitrogen and oxygen atoms in total. The van der Waals surface area contributed by atoms with Gasteiger partial charge in [-0.05, 0) is 132 Å². The van der Waals surface area contributed by atoms with Crippen LogP contribution in [0, 0.1) is 26.7 Å². The average Bonchev–Trinajstić information content (AvgIpc) is 3.46. The molecule has 0 fully saturated rings. The highest BCUT2D eigenvalue weighted by molar-refractivity contribution is 5.69. The summed E-state index contributed by atoms with van der Waals surface area (Å²) in [6.45, 7) is 5.34. The van der Waals surface area contributed by atoms with Crippen molar-refractivity contribution in [2.24, 2.45) is 27.0 Å². The van der Waals surface area contributed by atoms with Gasteiger partial charge in [-0.1, -0.05) is 162 Å². The minimum atomic E-state index is -2.74. The van der Waals surface area contributed by atoms with Crippen molar-refractivity contribution in [1.29, 1.82) is 0 Å². The van der Waals surface area contributed by atoms with Crippen LogP contribution in [-0.2, 0) is 33.9 Å². The Morgan fingerprint density at radius 1 is 0.420 bits per heavy atom. The lowest BCUT2D eigenvalue weighted by molar-refractivity contribution is -0.660. The summed E-state index contributed by atoms with van der Waals surface area (Å²) in [6, 6.07) is 59.0. The zero-order valence-corrected chi connectivity index (χ0v) is 41.4. The van der Waals surface area contributed by atoms with E-state index in [0.29, 0.717) is 11.1 Å². The van der Waals surface area contributed by atoms with Crippen molar-refractivity contribution in [2.45, 2.75) is 73.9 Å². The first kappa shape index (κ1) is 35.8. The van der Waals surface area contributed by atoms with Crippen molar-refractivity contribution in [3.8, 4) is 67.2 Å². The molecule has 69 heavy (non-hydrogen) atoms. The summed E-state index contributed by atoms with van der Waals surface area (Å²) in [5.41, 5.74) is 18.2. The van der Waals surface area contributed by atoms with Crippen molar-refractivity contribution < 1.29 is 30.2 Å². The van der Waals surface area contributed by atoms with Gasteiger partial charge in [0.15, 0.2) is 18.6 Å². The Balaban J connectivity index is 0.000000176. The SMILES string of the molecule is [2H]C([2H])(C)c1ccc(-c2ccc(-c3ccccc3C)[n+](C)c2)cc1.[2H]C([2H])([2H])C([2H])(C)C([2H])([2H])c1ccc(-c2ccc(-c3ccccc3C)[n+](C)c2)cc1.[2H]C([2H])([2H])C([2H])(C)c1ccc(-c2ccc(-c3ccccc3C)[n+](C)c2)cc1. The van der Waals surface area contributed by atoms with Gasteiger partial charge in [-0.2, -0.15) is 0 Å². The van der Waals surface area contributed by atoms with Crippen LogP contribution in [-0.4, -0.2) is 0 Å². The van der Waals surface area contributed by atoms with Crippen LogP contribution in [0.3, 0.4) is 0 Å². The molecule has 2 unspecified atom stereocenters. The number of benzene rings is 6. The van der Waals surface area contributed by atoms with Gasteiger partial charge < -0.3 is 0 Å². The fraction of sp³-hybridized carbons (Fsp3) is 0.227. The summed E-state index contributed by atoms with van der Waals surface area (Å²) < 4.78 is 100. The van der Waals surface area contributed by atoms with Gasteiger partial charge >= 0.3 is 0 Å². The van der Waals surface area contributed by atoms with Crippen molar-refractivity contribution in [3.63, 3.8) is 0 Å². The average molecular weight is 919 g/mol. The van der Waals surface area contributed by atoms with E-state index in [9.17, 15) is 0 Å². The van der Waals surface area contributed by atoms with Crippen molar-refractivity contribution in [1.82, 2.24) is 0 Å². The molecule has 348 valence electrons. The van der Waals surface area contributed by atoms with Crippen LogP contribution in [0.15, 0.2) is 201 Å². The Bertz CT molecular complexity index is 3630. The van der Waals surface area contributed by atoms with E-state index >= 15 is 0 Å². The predicted octanol–water partition coefficient (Wildman–Crippen LogP) is 15.3. The molecule has 0 saturated carbocycles.